The minimum Gasteiger partial charge on any atom is -0.490 e. The Morgan fingerprint density at radius 2 is 1.96 bits per heavy atom. The van der Waals surface area contributed by atoms with Gasteiger partial charge in [0.2, 0.25) is 0 Å². The Balaban J connectivity index is 1.85. The van der Waals surface area contributed by atoms with E-state index >= 15 is 0 Å². The molecule has 0 saturated carbocycles. The normalized spacial score (nSPS) is 10.0. The highest BCUT2D eigenvalue weighted by Crippen LogP contribution is 2.27. The molecule has 0 heterocycles. The summed E-state index contributed by atoms with van der Waals surface area (Å²) in [5.41, 5.74) is 0.659. The number of anilines is 1. The van der Waals surface area contributed by atoms with Crippen LogP contribution in [0.1, 0.15) is 0 Å². The van der Waals surface area contributed by atoms with Gasteiger partial charge in [0.15, 0.2) is 6.61 Å². The fraction of sp³-hybridized carbons (Fsp3) is 0.118. The Kier molecular flexibility index (Phi) is 6.50. The summed E-state index contributed by atoms with van der Waals surface area (Å²) in [7, 11) is 0. The minimum atomic E-state index is -0.274. The molecular formula is C17H15BrClNO3. The average Bonchev–Trinajstić information content (AvgIpc) is 2.53. The van der Waals surface area contributed by atoms with Crippen LogP contribution >= 0.6 is 27.5 Å². The van der Waals surface area contributed by atoms with Crippen LogP contribution in [0.25, 0.3) is 0 Å². The number of rotatable bonds is 7. The molecular weight excluding hydrogens is 382 g/mol. The number of amides is 1. The molecule has 4 nitrogen and oxygen atoms in total. The highest BCUT2D eigenvalue weighted by Gasteiger charge is 2.07. The molecule has 0 bridgehead atoms. The second-order valence-corrected chi connectivity index (χ2v) is 5.86. The van der Waals surface area contributed by atoms with Crippen LogP contribution in [0.2, 0.25) is 5.02 Å². The fourth-order valence-corrected chi connectivity index (χ4v) is 2.45. The van der Waals surface area contributed by atoms with Gasteiger partial charge < -0.3 is 14.8 Å². The SMILES string of the molecule is C=CCOc1ccc(NC(=O)COc2ccc(Br)cc2Cl)cc1. The first-order valence-electron chi connectivity index (χ1n) is 6.80. The second kappa shape index (κ2) is 8.60. The van der Waals surface area contributed by atoms with E-state index in [0.29, 0.717) is 28.8 Å². The van der Waals surface area contributed by atoms with E-state index in [1.807, 2.05) is 0 Å². The maximum absolute atomic E-state index is 11.9. The van der Waals surface area contributed by atoms with Gasteiger partial charge in [-0.25, -0.2) is 0 Å². The first-order chi connectivity index (χ1) is 11.1. The molecule has 0 atom stereocenters. The summed E-state index contributed by atoms with van der Waals surface area (Å²) in [4.78, 5) is 11.9. The summed E-state index contributed by atoms with van der Waals surface area (Å²) in [5, 5.41) is 3.17. The summed E-state index contributed by atoms with van der Waals surface area (Å²) in [5.74, 6) is 0.891. The van der Waals surface area contributed by atoms with Crippen LogP contribution in [-0.4, -0.2) is 19.1 Å². The Hall–Kier alpha value is -1.98. The number of hydrogen-bond acceptors (Lipinski definition) is 3. The van der Waals surface area contributed by atoms with Gasteiger partial charge in [0.1, 0.15) is 18.1 Å². The van der Waals surface area contributed by atoms with Crippen molar-refractivity contribution in [2.24, 2.45) is 0 Å². The van der Waals surface area contributed by atoms with Gasteiger partial charge in [-0.05, 0) is 42.5 Å². The van der Waals surface area contributed by atoms with E-state index in [0.717, 1.165) is 4.47 Å². The van der Waals surface area contributed by atoms with Gasteiger partial charge in [0.25, 0.3) is 5.91 Å². The number of carbonyl (C=O) groups is 1. The maximum atomic E-state index is 11.9. The lowest BCUT2D eigenvalue weighted by molar-refractivity contribution is -0.118. The quantitative estimate of drug-likeness (QED) is 0.691. The lowest BCUT2D eigenvalue weighted by atomic mass is 10.3. The largest absolute Gasteiger partial charge is 0.490 e. The van der Waals surface area contributed by atoms with E-state index in [1.165, 1.54) is 0 Å². The van der Waals surface area contributed by atoms with E-state index in [1.54, 1.807) is 48.5 Å². The molecule has 0 aliphatic carbocycles. The van der Waals surface area contributed by atoms with Crippen LogP contribution < -0.4 is 14.8 Å². The molecule has 2 aromatic carbocycles. The Morgan fingerprint density at radius 1 is 1.22 bits per heavy atom. The lowest BCUT2D eigenvalue weighted by Gasteiger charge is -2.09. The van der Waals surface area contributed by atoms with E-state index < -0.39 is 0 Å². The molecule has 0 aromatic heterocycles. The van der Waals surface area contributed by atoms with Gasteiger partial charge in [-0.2, -0.15) is 0 Å². The first kappa shape index (κ1) is 17.4. The third-order valence-electron chi connectivity index (χ3n) is 2.76. The number of ether oxygens (including phenoxy) is 2. The first-order valence-corrected chi connectivity index (χ1v) is 7.97. The van der Waals surface area contributed by atoms with E-state index in [-0.39, 0.29) is 12.5 Å². The lowest BCUT2D eigenvalue weighted by Crippen LogP contribution is -2.20. The molecule has 0 spiro atoms. The summed E-state index contributed by atoms with van der Waals surface area (Å²) >= 11 is 9.33. The molecule has 0 unspecified atom stereocenters. The molecule has 0 aliphatic heterocycles. The maximum Gasteiger partial charge on any atom is 0.262 e. The number of benzene rings is 2. The molecule has 1 N–H and O–H groups in total. The van der Waals surface area contributed by atoms with Crippen molar-refractivity contribution in [3.8, 4) is 11.5 Å². The molecule has 2 aromatic rings. The molecule has 120 valence electrons. The van der Waals surface area contributed by atoms with Crippen LogP contribution in [0.15, 0.2) is 59.6 Å². The van der Waals surface area contributed by atoms with E-state index in [9.17, 15) is 4.79 Å². The molecule has 0 saturated heterocycles. The summed E-state index contributed by atoms with van der Waals surface area (Å²) < 4.78 is 11.6. The molecule has 2 rings (SSSR count). The van der Waals surface area contributed by atoms with E-state index in [2.05, 4.69) is 27.8 Å². The molecule has 0 radical (unpaired) electrons. The summed E-state index contributed by atoms with van der Waals surface area (Å²) in [6, 6.07) is 12.2. The Labute approximate surface area is 148 Å². The van der Waals surface area contributed by atoms with Crippen LogP contribution in [0, 0.1) is 0 Å². The van der Waals surface area contributed by atoms with Crippen molar-refractivity contribution in [3.05, 3.63) is 64.6 Å². The highest BCUT2D eigenvalue weighted by molar-refractivity contribution is 9.10. The van der Waals surface area contributed by atoms with Gasteiger partial charge in [0.05, 0.1) is 5.02 Å². The highest BCUT2D eigenvalue weighted by atomic mass is 79.9. The third kappa shape index (κ3) is 5.62. The molecule has 0 fully saturated rings. The predicted molar refractivity (Wildman–Crippen MR) is 95.4 cm³/mol. The van der Waals surface area contributed by atoms with Crippen molar-refractivity contribution in [2.75, 3.05) is 18.5 Å². The Bertz CT molecular complexity index is 689. The van der Waals surface area contributed by atoms with Gasteiger partial charge >= 0.3 is 0 Å². The van der Waals surface area contributed by atoms with Crippen LogP contribution in [0.4, 0.5) is 5.69 Å². The topological polar surface area (TPSA) is 47.6 Å². The molecule has 1 amide bonds. The fourth-order valence-electron chi connectivity index (χ4n) is 1.72. The van der Waals surface area contributed by atoms with Crippen LogP contribution in [-0.2, 0) is 4.79 Å². The zero-order chi connectivity index (χ0) is 16.7. The Morgan fingerprint density at radius 3 is 2.61 bits per heavy atom. The molecule has 0 aliphatic rings. The second-order valence-electron chi connectivity index (χ2n) is 4.54. The number of carbonyl (C=O) groups excluding carboxylic acids is 1. The monoisotopic (exact) mass is 395 g/mol. The van der Waals surface area contributed by atoms with Gasteiger partial charge in [-0.15, -0.1) is 0 Å². The van der Waals surface area contributed by atoms with E-state index in [4.69, 9.17) is 21.1 Å². The zero-order valence-corrected chi connectivity index (χ0v) is 14.6. The predicted octanol–water partition coefficient (Wildman–Crippen LogP) is 4.68. The van der Waals surface area contributed by atoms with Crippen molar-refractivity contribution in [3.63, 3.8) is 0 Å². The van der Waals surface area contributed by atoms with Crippen LogP contribution in [0.3, 0.4) is 0 Å². The average molecular weight is 397 g/mol. The third-order valence-corrected chi connectivity index (χ3v) is 3.55. The van der Waals surface area contributed by atoms with Crippen molar-refractivity contribution in [1.29, 1.82) is 0 Å². The smallest absolute Gasteiger partial charge is 0.262 e. The number of nitrogens with one attached hydrogen (secondary N) is 1. The van der Waals surface area contributed by atoms with Crippen molar-refractivity contribution < 1.29 is 14.3 Å². The zero-order valence-electron chi connectivity index (χ0n) is 12.2. The summed E-state index contributed by atoms with van der Waals surface area (Å²) in [6.07, 6.45) is 1.67. The summed E-state index contributed by atoms with van der Waals surface area (Å²) in [6.45, 7) is 3.89. The van der Waals surface area contributed by atoms with Crippen molar-refractivity contribution in [1.82, 2.24) is 0 Å². The standard InChI is InChI=1S/C17H15BrClNO3/c1-2-9-22-14-6-4-13(5-7-14)20-17(21)11-23-16-8-3-12(18)10-15(16)19/h2-8,10H,1,9,11H2,(H,20,21). The number of halogens is 2. The van der Waals surface area contributed by atoms with Gasteiger partial charge in [-0.3, -0.25) is 4.79 Å². The van der Waals surface area contributed by atoms with Gasteiger partial charge in [-0.1, -0.05) is 40.2 Å². The minimum absolute atomic E-state index is 0.129. The number of hydrogen-bond donors (Lipinski definition) is 1. The molecule has 6 heteroatoms. The van der Waals surface area contributed by atoms with Crippen molar-refractivity contribution in [2.45, 2.75) is 0 Å². The van der Waals surface area contributed by atoms with Crippen LogP contribution in [0.5, 0.6) is 11.5 Å². The van der Waals surface area contributed by atoms with Crippen molar-refractivity contribution >= 4 is 39.1 Å². The molecule has 23 heavy (non-hydrogen) atoms. The van der Waals surface area contributed by atoms with Gasteiger partial charge in [0, 0.05) is 10.2 Å².